The summed E-state index contributed by atoms with van der Waals surface area (Å²) in [6.07, 6.45) is 4.22. The molecule has 2 aliphatic rings. The number of hydrogen-bond acceptors (Lipinski definition) is 9. The monoisotopic (exact) mass is 400 g/mol. The first-order valence-corrected chi connectivity index (χ1v) is 9.58. The Morgan fingerprint density at radius 1 is 1.50 bits per heavy atom. The van der Waals surface area contributed by atoms with Crippen LogP contribution in [0.25, 0.3) is 6.08 Å². The third kappa shape index (κ3) is 3.61. The van der Waals surface area contributed by atoms with Crippen LogP contribution in [0.4, 0.5) is 5.13 Å². The van der Waals surface area contributed by atoms with Crippen molar-refractivity contribution in [3.63, 3.8) is 0 Å². The second-order valence-corrected chi connectivity index (χ2v) is 7.63. The number of aromatic hydroxyl groups is 1. The third-order valence-corrected chi connectivity index (χ3v) is 5.89. The number of aromatic nitrogens is 1. The number of likely N-dealkylation sites (N-methyl/N-ethyl adjacent to an activating group) is 1. The van der Waals surface area contributed by atoms with E-state index in [1.807, 2.05) is 36.2 Å². The standard InChI is InChI=1S/C18H20N6O3S/c1-24(12-7-14(19-9-12)16(25)23-27-2)18-21-17(26)15(28-18)6-10-3-4-13-11(5-10)8-20-22-13/h3-6,8,12,14,19,26H,7,9H2,1-2H3,(H,23,25). The summed E-state index contributed by atoms with van der Waals surface area (Å²) in [5, 5.41) is 23.9. The number of nitrogens with one attached hydrogen (secondary N) is 2. The van der Waals surface area contributed by atoms with E-state index in [0.29, 0.717) is 23.0 Å². The van der Waals surface area contributed by atoms with E-state index >= 15 is 0 Å². The van der Waals surface area contributed by atoms with Gasteiger partial charge in [-0.2, -0.15) is 15.2 Å². The molecular weight excluding hydrogens is 380 g/mol. The number of thiazole rings is 1. The number of hydrogen-bond donors (Lipinski definition) is 3. The SMILES string of the molecule is CONC(=O)C1CC(N(C)c2nc(O)c(C=c3ccc4c(c3)C=NN=4)s2)CN1. The molecule has 0 bridgehead atoms. The lowest BCUT2D eigenvalue weighted by Crippen LogP contribution is -2.39. The molecule has 1 aromatic heterocycles. The van der Waals surface area contributed by atoms with Crippen molar-refractivity contribution in [1.82, 2.24) is 15.8 Å². The molecule has 2 unspecified atom stereocenters. The lowest BCUT2D eigenvalue weighted by atomic mass is 10.1. The van der Waals surface area contributed by atoms with Crippen LogP contribution in [0.3, 0.4) is 0 Å². The summed E-state index contributed by atoms with van der Waals surface area (Å²) >= 11 is 1.40. The number of carbonyl (C=O) groups excluding carboxylic acids is 1. The number of rotatable bonds is 5. The van der Waals surface area contributed by atoms with Crippen LogP contribution >= 0.6 is 11.3 Å². The van der Waals surface area contributed by atoms with Crippen LogP contribution in [-0.2, 0) is 9.63 Å². The molecule has 2 aliphatic heterocycles. The molecule has 9 nitrogen and oxygen atoms in total. The van der Waals surface area contributed by atoms with Crippen LogP contribution < -0.4 is 26.3 Å². The number of fused-ring (bicyclic) bond motifs is 1. The predicted octanol–water partition coefficient (Wildman–Crippen LogP) is -0.511. The van der Waals surface area contributed by atoms with Gasteiger partial charge in [0.2, 0.25) is 5.88 Å². The smallest absolute Gasteiger partial charge is 0.260 e. The highest BCUT2D eigenvalue weighted by atomic mass is 32.1. The summed E-state index contributed by atoms with van der Waals surface area (Å²) < 4.78 is 0. The number of benzene rings is 1. The lowest BCUT2D eigenvalue weighted by molar-refractivity contribution is -0.133. The Labute approximate surface area is 165 Å². The van der Waals surface area contributed by atoms with Crippen molar-refractivity contribution in [3.8, 4) is 5.88 Å². The molecule has 1 aromatic carbocycles. The molecule has 1 saturated heterocycles. The Kier molecular flexibility index (Phi) is 5.07. The van der Waals surface area contributed by atoms with Crippen LogP contribution in [0.1, 0.15) is 16.9 Å². The van der Waals surface area contributed by atoms with Gasteiger partial charge in [-0.15, -0.1) is 0 Å². The van der Waals surface area contributed by atoms with Gasteiger partial charge in [-0.1, -0.05) is 17.4 Å². The average molecular weight is 400 g/mol. The fourth-order valence-corrected chi connectivity index (χ4v) is 4.21. The maximum Gasteiger partial charge on any atom is 0.260 e. The number of amides is 1. The van der Waals surface area contributed by atoms with Gasteiger partial charge in [0, 0.05) is 25.2 Å². The summed E-state index contributed by atoms with van der Waals surface area (Å²) in [7, 11) is 3.33. The quantitative estimate of drug-likeness (QED) is 0.583. The molecule has 1 amide bonds. The van der Waals surface area contributed by atoms with Crippen LogP contribution in [0.5, 0.6) is 5.88 Å². The first-order chi connectivity index (χ1) is 13.5. The second kappa shape index (κ2) is 7.66. The Morgan fingerprint density at radius 3 is 3.18 bits per heavy atom. The van der Waals surface area contributed by atoms with Gasteiger partial charge in [0.25, 0.3) is 5.91 Å². The van der Waals surface area contributed by atoms with E-state index in [2.05, 4.69) is 30.8 Å². The molecule has 1 fully saturated rings. The van der Waals surface area contributed by atoms with Gasteiger partial charge in [0.15, 0.2) is 5.13 Å². The molecule has 0 spiro atoms. The van der Waals surface area contributed by atoms with Crippen molar-refractivity contribution >= 4 is 34.7 Å². The normalized spacial score (nSPS) is 20.9. The Morgan fingerprint density at radius 2 is 2.36 bits per heavy atom. The van der Waals surface area contributed by atoms with Gasteiger partial charge in [-0.25, -0.2) is 5.48 Å². The van der Waals surface area contributed by atoms with Crippen molar-refractivity contribution in [2.45, 2.75) is 18.5 Å². The van der Waals surface area contributed by atoms with Crippen LogP contribution in [-0.4, -0.2) is 55.0 Å². The van der Waals surface area contributed by atoms with Crippen molar-refractivity contribution in [3.05, 3.63) is 39.2 Å². The van der Waals surface area contributed by atoms with E-state index in [-0.39, 0.29) is 23.9 Å². The highest BCUT2D eigenvalue weighted by Crippen LogP contribution is 2.32. The maximum atomic E-state index is 11.9. The zero-order valence-electron chi connectivity index (χ0n) is 15.4. The van der Waals surface area contributed by atoms with Gasteiger partial charge in [-0.05, 0) is 29.8 Å². The minimum absolute atomic E-state index is 0.00895. The van der Waals surface area contributed by atoms with E-state index in [1.54, 1.807) is 6.21 Å². The maximum absolute atomic E-state index is 11.9. The summed E-state index contributed by atoms with van der Waals surface area (Å²) in [5.41, 5.74) is 3.30. The number of hydroxylamine groups is 1. The van der Waals surface area contributed by atoms with Gasteiger partial charge in [0.1, 0.15) is 0 Å². The largest absolute Gasteiger partial charge is 0.492 e. The van der Waals surface area contributed by atoms with Crippen molar-refractivity contribution in [2.75, 3.05) is 25.6 Å². The highest BCUT2D eigenvalue weighted by Gasteiger charge is 2.33. The zero-order chi connectivity index (χ0) is 19.7. The lowest BCUT2D eigenvalue weighted by Gasteiger charge is -2.22. The third-order valence-electron chi connectivity index (χ3n) is 4.81. The Bertz CT molecular complexity index is 1050. The highest BCUT2D eigenvalue weighted by molar-refractivity contribution is 7.16. The van der Waals surface area contributed by atoms with E-state index in [0.717, 1.165) is 16.1 Å². The minimum Gasteiger partial charge on any atom is -0.492 e. The molecule has 146 valence electrons. The Hall–Kier alpha value is -2.82. The molecule has 3 N–H and O–H groups in total. The van der Waals surface area contributed by atoms with Crippen LogP contribution in [0.15, 0.2) is 28.4 Å². The molecular formula is C18H20N6O3S. The van der Waals surface area contributed by atoms with Crippen LogP contribution in [0.2, 0.25) is 0 Å². The predicted molar refractivity (Wildman–Crippen MR) is 106 cm³/mol. The average Bonchev–Trinajstić information content (AvgIpc) is 3.41. The van der Waals surface area contributed by atoms with Gasteiger partial charge in [-0.3, -0.25) is 9.63 Å². The van der Waals surface area contributed by atoms with Crippen molar-refractivity contribution < 1.29 is 14.7 Å². The van der Waals surface area contributed by atoms with E-state index in [1.165, 1.54) is 18.4 Å². The molecule has 2 atom stereocenters. The second-order valence-electron chi connectivity index (χ2n) is 6.62. The summed E-state index contributed by atoms with van der Waals surface area (Å²) in [4.78, 5) is 23.6. The fourth-order valence-electron chi connectivity index (χ4n) is 3.26. The number of anilines is 1. The minimum atomic E-state index is -0.314. The van der Waals surface area contributed by atoms with Gasteiger partial charge in [0.05, 0.1) is 29.6 Å². The fraction of sp³-hybridized carbons (Fsp3) is 0.333. The summed E-state index contributed by atoms with van der Waals surface area (Å²) in [6.45, 7) is 0.644. The van der Waals surface area contributed by atoms with Gasteiger partial charge >= 0.3 is 0 Å². The molecule has 10 heteroatoms. The topological polar surface area (TPSA) is 111 Å². The molecule has 0 aliphatic carbocycles. The molecule has 0 saturated carbocycles. The summed E-state index contributed by atoms with van der Waals surface area (Å²) in [5.74, 6) is -0.202. The molecule has 28 heavy (non-hydrogen) atoms. The summed E-state index contributed by atoms with van der Waals surface area (Å²) in [6, 6.07) is 5.57. The van der Waals surface area contributed by atoms with Crippen molar-refractivity contribution in [1.29, 1.82) is 0 Å². The zero-order valence-corrected chi connectivity index (χ0v) is 16.2. The molecule has 4 rings (SSSR count). The van der Waals surface area contributed by atoms with E-state index < -0.39 is 0 Å². The van der Waals surface area contributed by atoms with Crippen molar-refractivity contribution in [2.24, 2.45) is 10.2 Å². The van der Waals surface area contributed by atoms with Gasteiger partial charge < -0.3 is 15.3 Å². The first-order valence-electron chi connectivity index (χ1n) is 8.77. The van der Waals surface area contributed by atoms with E-state index in [4.69, 9.17) is 0 Å². The Balaban J connectivity index is 1.52. The van der Waals surface area contributed by atoms with Crippen LogP contribution in [0, 0.1) is 0 Å². The number of carbonyl (C=O) groups is 1. The first kappa shape index (κ1) is 18.5. The van der Waals surface area contributed by atoms with E-state index in [9.17, 15) is 9.90 Å². The molecule has 0 radical (unpaired) electrons. The molecule has 3 heterocycles. The molecule has 2 aromatic rings. The number of nitrogens with zero attached hydrogens (tertiary/aromatic N) is 4.